The summed E-state index contributed by atoms with van der Waals surface area (Å²) in [6.07, 6.45) is 5.04. The minimum Gasteiger partial charge on any atom is -0.302 e. The first-order valence-electron chi connectivity index (χ1n) is 8.36. The second-order valence-corrected chi connectivity index (χ2v) is 7.28. The van der Waals surface area contributed by atoms with Gasteiger partial charge in [-0.3, -0.25) is 4.79 Å². The average molecular weight is 330 g/mol. The molecule has 0 aliphatic heterocycles. The molecule has 0 atom stereocenters. The van der Waals surface area contributed by atoms with E-state index in [0.29, 0.717) is 11.6 Å². The van der Waals surface area contributed by atoms with Crippen LogP contribution in [0.3, 0.4) is 0 Å². The first-order valence-corrected chi connectivity index (χ1v) is 9.17. The molecule has 2 aromatic rings. The minimum absolute atomic E-state index is 0.0708. The average Bonchev–Trinajstić information content (AvgIpc) is 2.87. The lowest BCUT2D eigenvalue weighted by Crippen LogP contribution is -2.10. The van der Waals surface area contributed by atoms with Crippen molar-refractivity contribution in [2.45, 2.75) is 59.8 Å². The SMILES string of the molecule is CCCCCCC(=O)Nc1nc(-c2ccc(C)c(C)c2)c(C)s1. The molecule has 0 fully saturated rings. The Labute approximate surface area is 143 Å². The van der Waals surface area contributed by atoms with Gasteiger partial charge in [-0.05, 0) is 44.4 Å². The number of rotatable bonds is 7. The van der Waals surface area contributed by atoms with Crippen LogP contribution in [0.2, 0.25) is 0 Å². The Morgan fingerprint density at radius 1 is 1.13 bits per heavy atom. The largest absolute Gasteiger partial charge is 0.302 e. The fraction of sp³-hybridized carbons (Fsp3) is 0.474. The predicted octanol–water partition coefficient (Wildman–Crippen LogP) is 5.64. The third kappa shape index (κ3) is 4.90. The molecule has 124 valence electrons. The summed E-state index contributed by atoms with van der Waals surface area (Å²) >= 11 is 1.55. The van der Waals surface area contributed by atoms with Crippen molar-refractivity contribution < 1.29 is 4.79 Å². The molecule has 1 N–H and O–H groups in total. The molecule has 1 heterocycles. The standard InChI is InChI=1S/C19H26N2OS/c1-5-6-7-8-9-17(22)20-19-21-18(15(4)23-19)16-11-10-13(2)14(3)12-16/h10-12H,5-9H2,1-4H3,(H,20,21,22). The maximum Gasteiger partial charge on any atom is 0.226 e. The summed E-state index contributed by atoms with van der Waals surface area (Å²) in [5.74, 6) is 0.0708. The van der Waals surface area contributed by atoms with Crippen molar-refractivity contribution in [3.8, 4) is 11.3 Å². The van der Waals surface area contributed by atoms with Gasteiger partial charge in [-0.25, -0.2) is 4.98 Å². The molecule has 23 heavy (non-hydrogen) atoms. The molecule has 2 rings (SSSR count). The van der Waals surface area contributed by atoms with Crippen LogP contribution in [0.5, 0.6) is 0 Å². The van der Waals surface area contributed by atoms with E-state index in [1.165, 1.54) is 24.0 Å². The molecule has 1 amide bonds. The number of benzene rings is 1. The fourth-order valence-electron chi connectivity index (χ4n) is 2.50. The van der Waals surface area contributed by atoms with Crippen molar-refractivity contribution >= 4 is 22.4 Å². The van der Waals surface area contributed by atoms with Gasteiger partial charge >= 0.3 is 0 Å². The molecule has 0 spiro atoms. The van der Waals surface area contributed by atoms with E-state index in [-0.39, 0.29) is 5.91 Å². The molecule has 0 aliphatic carbocycles. The summed E-state index contributed by atoms with van der Waals surface area (Å²) in [5, 5.41) is 3.65. The molecule has 0 unspecified atom stereocenters. The van der Waals surface area contributed by atoms with Crippen LogP contribution in [0.25, 0.3) is 11.3 Å². The van der Waals surface area contributed by atoms with Crippen molar-refractivity contribution in [1.29, 1.82) is 0 Å². The molecule has 1 aromatic heterocycles. The summed E-state index contributed by atoms with van der Waals surface area (Å²) < 4.78 is 0. The van der Waals surface area contributed by atoms with Gasteiger partial charge in [-0.15, -0.1) is 11.3 Å². The number of nitrogens with zero attached hydrogens (tertiary/aromatic N) is 1. The highest BCUT2D eigenvalue weighted by Gasteiger charge is 2.12. The third-order valence-electron chi connectivity index (χ3n) is 4.08. The van der Waals surface area contributed by atoms with Crippen molar-refractivity contribution in [2.24, 2.45) is 0 Å². The van der Waals surface area contributed by atoms with Crippen LogP contribution in [-0.4, -0.2) is 10.9 Å². The maximum absolute atomic E-state index is 12.0. The van der Waals surface area contributed by atoms with Crippen LogP contribution in [0.4, 0.5) is 5.13 Å². The number of anilines is 1. The van der Waals surface area contributed by atoms with Gasteiger partial charge in [0.1, 0.15) is 0 Å². The minimum atomic E-state index is 0.0708. The highest BCUT2D eigenvalue weighted by molar-refractivity contribution is 7.16. The number of carbonyl (C=O) groups is 1. The van der Waals surface area contributed by atoms with Gasteiger partial charge in [-0.1, -0.05) is 38.3 Å². The number of thiazole rings is 1. The Bertz CT molecular complexity index is 676. The molecular weight excluding hydrogens is 304 g/mol. The number of carbonyl (C=O) groups excluding carboxylic acids is 1. The van der Waals surface area contributed by atoms with Gasteiger partial charge in [0.25, 0.3) is 0 Å². The lowest BCUT2D eigenvalue weighted by molar-refractivity contribution is -0.116. The second-order valence-electron chi connectivity index (χ2n) is 6.08. The molecular formula is C19H26N2OS. The molecule has 4 heteroatoms. The summed E-state index contributed by atoms with van der Waals surface area (Å²) in [4.78, 5) is 17.7. The number of hydrogen-bond acceptors (Lipinski definition) is 3. The van der Waals surface area contributed by atoms with E-state index >= 15 is 0 Å². The smallest absolute Gasteiger partial charge is 0.226 e. The van der Waals surface area contributed by atoms with Crippen LogP contribution in [0, 0.1) is 20.8 Å². The monoisotopic (exact) mass is 330 g/mol. The van der Waals surface area contributed by atoms with Gasteiger partial charge in [0.15, 0.2) is 5.13 Å². The van der Waals surface area contributed by atoms with Crippen molar-refractivity contribution in [3.63, 3.8) is 0 Å². The summed E-state index contributed by atoms with van der Waals surface area (Å²) in [7, 11) is 0. The zero-order valence-electron chi connectivity index (χ0n) is 14.5. The van der Waals surface area contributed by atoms with Gasteiger partial charge < -0.3 is 5.32 Å². The lowest BCUT2D eigenvalue weighted by Gasteiger charge is -2.04. The number of hydrogen-bond donors (Lipinski definition) is 1. The fourth-order valence-corrected chi connectivity index (χ4v) is 3.35. The second kappa shape index (κ2) is 8.25. The Hall–Kier alpha value is -1.68. The molecule has 3 nitrogen and oxygen atoms in total. The normalized spacial score (nSPS) is 10.8. The van der Waals surface area contributed by atoms with Crippen LogP contribution in [0.15, 0.2) is 18.2 Å². The number of amides is 1. The van der Waals surface area contributed by atoms with E-state index in [2.05, 4.69) is 56.2 Å². The van der Waals surface area contributed by atoms with Crippen molar-refractivity contribution in [1.82, 2.24) is 4.98 Å². The number of unbranched alkanes of at least 4 members (excludes halogenated alkanes) is 3. The van der Waals surface area contributed by atoms with E-state index < -0.39 is 0 Å². The number of nitrogens with one attached hydrogen (secondary N) is 1. The summed E-state index contributed by atoms with van der Waals surface area (Å²) in [6, 6.07) is 6.38. The molecule has 0 aliphatic rings. The molecule has 0 bridgehead atoms. The van der Waals surface area contributed by atoms with E-state index in [9.17, 15) is 4.79 Å². The van der Waals surface area contributed by atoms with E-state index in [4.69, 9.17) is 0 Å². The lowest BCUT2D eigenvalue weighted by atomic mass is 10.0. The zero-order valence-corrected chi connectivity index (χ0v) is 15.3. The topological polar surface area (TPSA) is 42.0 Å². The molecule has 0 saturated carbocycles. The highest BCUT2D eigenvalue weighted by Crippen LogP contribution is 2.31. The van der Waals surface area contributed by atoms with Crippen molar-refractivity contribution in [2.75, 3.05) is 5.32 Å². The molecule has 0 radical (unpaired) electrons. The maximum atomic E-state index is 12.0. The molecule has 0 saturated heterocycles. The Balaban J connectivity index is 2.03. The first kappa shape index (κ1) is 17.7. The number of aryl methyl sites for hydroxylation is 3. The first-order chi connectivity index (χ1) is 11.0. The van der Waals surface area contributed by atoms with E-state index in [0.717, 1.165) is 29.0 Å². The summed E-state index contributed by atoms with van der Waals surface area (Å²) in [6.45, 7) is 8.45. The Morgan fingerprint density at radius 3 is 2.61 bits per heavy atom. The predicted molar refractivity (Wildman–Crippen MR) is 99.1 cm³/mol. The van der Waals surface area contributed by atoms with Gasteiger partial charge in [-0.2, -0.15) is 0 Å². The Morgan fingerprint density at radius 2 is 1.91 bits per heavy atom. The third-order valence-corrected chi connectivity index (χ3v) is 4.97. The Kier molecular flexibility index (Phi) is 6.34. The van der Waals surface area contributed by atoms with E-state index in [1.807, 2.05) is 0 Å². The summed E-state index contributed by atoms with van der Waals surface area (Å²) in [5.41, 5.74) is 4.63. The zero-order chi connectivity index (χ0) is 16.8. The van der Waals surface area contributed by atoms with Gasteiger partial charge in [0.05, 0.1) is 5.69 Å². The van der Waals surface area contributed by atoms with Gasteiger partial charge in [0.2, 0.25) is 5.91 Å². The van der Waals surface area contributed by atoms with E-state index in [1.54, 1.807) is 11.3 Å². The van der Waals surface area contributed by atoms with Gasteiger partial charge in [0, 0.05) is 16.9 Å². The van der Waals surface area contributed by atoms with Crippen LogP contribution >= 0.6 is 11.3 Å². The molecule has 1 aromatic carbocycles. The quantitative estimate of drug-likeness (QED) is 0.667. The van der Waals surface area contributed by atoms with Crippen molar-refractivity contribution in [3.05, 3.63) is 34.2 Å². The number of aromatic nitrogens is 1. The van der Waals surface area contributed by atoms with Crippen LogP contribution in [-0.2, 0) is 4.79 Å². The van der Waals surface area contributed by atoms with Crippen LogP contribution in [0.1, 0.15) is 55.0 Å². The van der Waals surface area contributed by atoms with Crippen LogP contribution < -0.4 is 5.32 Å². The highest BCUT2D eigenvalue weighted by atomic mass is 32.1.